The highest BCUT2D eigenvalue weighted by atomic mass is 35.5. The molecule has 0 saturated carbocycles. The topological polar surface area (TPSA) is 74.8 Å². The summed E-state index contributed by atoms with van der Waals surface area (Å²) in [4.78, 5) is 28.2. The van der Waals surface area contributed by atoms with Gasteiger partial charge in [0.2, 0.25) is 5.78 Å². The molecule has 0 saturated heterocycles. The highest BCUT2D eigenvalue weighted by Gasteiger charge is 2.38. The smallest absolute Gasteiger partial charge is 0.432 e. The van der Waals surface area contributed by atoms with Crippen LogP contribution in [-0.2, 0) is 22.1 Å². The lowest BCUT2D eigenvalue weighted by molar-refractivity contribution is -0.148. The maximum atomic E-state index is 14.9. The Morgan fingerprint density at radius 2 is 2.10 bits per heavy atom. The van der Waals surface area contributed by atoms with Crippen molar-refractivity contribution in [2.45, 2.75) is 18.7 Å². The molecular weight excluding hydrogens is 422 g/mol. The fraction of sp³-hybridized carbons (Fsp3) is 0.235. The fourth-order valence-corrected chi connectivity index (χ4v) is 3.51. The lowest BCUT2D eigenvalue weighted by Crippen LogP contribution is -2.28. The zero-order valence-corrected chi connectivity index (χ0v) is 15.2. The normalized spacial score (nSPS) is 16.0. The summed E-state index contributed by atoms with van der Waals surface area (Å²) in [6.07, 6.45) is -4.14. The van der Waals surface area contributed by atoms with Crippen LogP contribution in [0, 0.1) is 5.82 Å². The molecule has 3 heterocycles. The van der Waals surface area contributed by atoms with Crippen LogP contribution >= 0.6 is 11.6 Å². The second kappa shape index (κ2) is 6.48. The average Bonchev–Trinajstić information content (AvgIpc) is 3.28. The lowest BCUT2D eigenvalue weighted by atomic mass is 10.1. The van der Waals surface area contributed by atoms with E-state index in [1.807, 2.05) is 0 Å². The third kappa shape index (κ3) is 2.92. The molecule has 0 amide bonds. The van der Waals surface area contributed by atoms with Crippen molar-refractivity contribution >= 4 is 23.3 Å². The monoisotopic (exact) mass is 431 g/mol. The van der Waals surface area contributed by atoms with Gasteiger partial charge in [-0.25, -0.2) is 18.7 Å². The number of alkyl halides is 3. The van der Waals surface area contributed by atoms with Gasteiger partial charge in [0.1, 0.15) is 17.3 Å². The van der Waals surface area contributed by atoms with Gasteiger partial charge in [-0.2, -0.15) is 13.2 Å². The van der Waals surface area contributed by atoms with Crippen molar-refractivity contribution < 1.29 is 31.8 Å². The predicted octanol–water partition coefficient (Wildman–Crippen LogP) is 2.77. The van der Waals surface area contributed by atoms with Crippen LogP contribution in [0.4, 0.5) is 17.6 Å². The first-order chi connectivity index (χ1) is 13.6. The van der Waals surface area contributed by atoms with Crippen molar-refractivity contribution in [1.29, 1.82) is 0 Å². The Hall–Kier alpha value is -3.08. The van der Waals surface area contributed by atoms with Crippen LogP contribution in [0.25, 0.3) is 11.5 Å². The minimum absolute atomic E-state index is 0.0390. The molecule has 1 unspecified atom stereocenters. The molecule has 1 aromatic carbocycles. The number of hydrogen-bond acceptors (Lipinski definition) is 5. The van der Waals surface area contributed by atoms with Crippen molar-refractivity contribution in [3.63, 3.8) is 0 Å². The first-order valence-corrected chi connectivity index (χ1v) is 8.43. The number of rotatable bonds is 2. The SMILES string of the molecule is COC(=O)C1Cc2c(c(Cl)cc(F)c2-n2c(=O)cc(C(F)(F)F)n3ccnc23)O1. The largest absolute Gasteiger partial charge is 0.476 e. The van der Waals surface area contributed by atoms with E-state index in [1.165, 1.54) is 0 Å². The molecule has 4 rings (SSSR count). The summed E-state index contributed by atoms with van der Waals surface area (Å²) in [7, 11) is 1.13. The van der Waals surface area contributed by atoms with E-state index in [0.29, 0.717) is 15.0 Å². The molecule has 1 aliphatic rings. The van der Waals surface area contributed by atoms with E-state index in [1.54, 1.807) is 0 Å². The molecule has 7 nitrogen and oxygen atoms in total. The first-order valence-electron chi connectivity index (χ1n) is 8.05. The van der Waals surface area contributed by atoms with Gasteiger partial charge < -0.3 is 9.47 Å². The Morgan fingerprint density at radius 3 is 2.76 bits per heavy atom. The zero-order valence-electron chi connectivity index (χ0n) is 14.5. The number of nitrogens with zero attached hydrogens (tertiary/aromatic N) is 3. The van der Waals surface area contributed by atoms with Crippen LogP contribution in [0.1, 0.15) is 11.3 Å². The summed E-state index contributed by atoms with van der Waals surface area (Å²) < 4.78 is 66.0. The molecule has 0 aliphatic carbocycles. The maximum Gasteiger partial charge on any atom is 0.432 e. The molecular formula is C17H10ClF4N3O4. The number of esters is 1. The molecule has 29 heavy (non-hydrogen) atoms. The number of imidazole rings is 1. The quantitative estimate of drug-likeness (QED) is 0.461. The van der Waals surface area contributed by atoms with E-state index in [9.17, 15) is 27.2 Å². The Balaban J connectivity index is 2.02. The van der Waals surface area contributed by atoms with E-state index in [4.69, 9.17) is 16.3 Å². The molecule has 12 heteroatoms. The summed E-state index contributed by atoms with van der Waals surface area (Å²) in [6.45, 7) is 0. The number of carbonyl (C=O) groups excluding carboxylic acids is 1. The van der Waals surface area contributed by atoms with Crippen molar-refractivity contribution in [3.05, 3.63) is 57.0 Å². The van der Waals surface area contributed by atoms with Crippen LogP contribution in [0.3, 0.4) is 0 Å². The third-order valence-corrected chi connectivity index (χ3v) is 4.73. The maximum absolute atomic E-state index is 14.9. The van der Waals surface area contributed by atoms with Crippen LogP contribution in [0.2, 0.25) is 5.02 Å². The summed E-state index contributed by atoms with van der Waals surface area (Å²) in [6, 6.07) is 1.18. The van der Waals surface area contributed by atoms with Crippen LogP contribution in [0.5, 0.6) is 5.75 Å². The van der Waals surface area contributed by atoms with Crippen molar-refractivity contribution in [3.8, 4) is 11.4 Å². The molecule has 1 aliphatic heterocycles. The van der Waals surface area contributed by atoms with Crippen molar-refractivity contribution in [1.82, 2.24) is 14.0 Å². The van der Waals surface area contributed by atoms with Crippen LogP contribution in [0.15, 0.2) is 29.3 Å². The second-order valence-corrected chi connectivity index (χ2v) is 6.54. The number of fused-ring (bicyclic) bond motifs is 2. The summed E-state index contributed by atoms with van der Waals surface area (Å²) in [5, 5.41) is -0.160. The molecule has 2 aromatic heterocycles. The summed E-state index contributed by atoms with van der Waals surface area (Å²) in [5.74, 6) is -2.27. The van der Waals surface area contributed by atoms with E-state index in [2.05, 4.69) is 9.72 Å². The fourth-order valence-electron chi connectivity index (χ4n) is 3.26. The number of methoxy groups -OCH3 is 1. The summed E-state index contributed by atoms with van der Waals surface area (Å²) >= 11 is 6.00. The molecule has 0 radical (unpaired) electrons. The van der Waals surface area contributed by atoms with Gasteiger partial charge in [-0.1, -0.05) is 11.6 Å². The Morgan fingerprint density at radius 1 is 1.38 bits per heavy atom. The first kappa shape index (κ1) is 19.2. The van der Waals surface area contributed by atoms with Gasteiger partial charge in [0.15, 0.2) is 6.10 Å². The van der Waals surface area contributed by atoms with Gasteiger partial charge in [0, 0.05) is 30.4 Å². The van der Waals surface area contributed by atoms with E-state index in [-0.39, 0.29) is 22.8 Å². The average molecular weight is 432 g/mol. The number of halogens is 5. The lowest BCUT2D eigenvalue weighted by Gasteiger charge is -2.16. The number of benzene rings is 1. The van der Waals surface area contributed by atoms with Gasteiger partial charge in [0.25, 0.3) is 5.56 Å². The second-order valence-electron chi connectivity index (χ2n) is 6.13. The van der Waals surface area contributed by atoms with Gasteiger partial charge in [-0.05, 0) is 6.07 Å². The highest BCUT2D eigenvalue weighted by molar-refractivity contribution is 6.32. The molecule has 152 valence electrons. The van der Waals surface area contributed by atoms with Gasteiger partial charge in [0.05, 0.1) is 17.8 Å². The van der Waals surface area contributed by atoms with Crippen molar-refractivity contribution in [2.75, 3.05) is 7.11 Å². The minimum Gasteiger partial charge on any atom is -0.476 e. The van der Waals surface area contributed by atoms with E-state index < -0.39 is 46.8 Å². The van der Waals surface area contributed by atoms with Crippen LogP contribution in [-0.4, -0.2) is 33.1 Å². The number of ether oxygens (including phenoxy) is 2. The predicted molar refractivity (Wildman–Crippen MR) is 90.9 cm³/mol. The molecule has 3 aromatic rings. The molecule has 0 N–H and O–H groups in total. The van der Waals surface area contributed by atoms with E-state index in [0.717, 1.165) is 25.6 Å². The third-order valence-electron chi connectivity index (χ3n) is 4.45. The van der Waals surface area contributed by atoms with Gasteiger partial charge in [-0.3, -0.25) is 9.20 Å². The zero-order chi connectivity index (χ0) is 21.1. The number of carbonyl (C=O) groups is 1. The number of hydrogen-bond donors (Lipinski definition) is 0. The van der Waals surface area contributed by atoms with Crippen LogP contribution < -0.4 is 10.3 Å². The molecule has 0 fully saturated rings. The van der Waals surface area contributed by atoms with Gasteiger partial charge >= 0.3 is 12.1 Å². The Labute approximate surface area is 164 Å². The standard InChI is InChI=1S/C17H10ClF4N3O4/c1-28-15(27)10-4-7-13(9(19)5-8(18)14(7)29-10)25-12(26)6-11(17(20,21)22)24-3-2-23-16(24)25/h2-3,5-6,10H,4H2,1H3. The summed E-state index contributed by atoms with van der Waals surface area (Å²) in [5.41, 5.74) is -2.79. The Kier molecular flexibility index (Phi) is 4.30. The van der Waals surface area contributed by atoms with E-state index >= 15 is 0 Å². The number of aromatic nitrogens is 3. The minimum atomic E-state index is -4.84. The molecule has 0 spiro atoms. The Bertz CT molecular complexity index is 1220. The van der Waals surface area contributed by atoms with Gasteiger partial charge in [-0.15, -0.1) is 0 Å². The van der Waals surface area contributed by atoms with Crippen molar-refractivity contribution in [2.24, 2.45) is 0 Å². The molecule has 0 bridgehead atoms. The highest BCUT2D eigenvalue weighted by Crippen LogP contribution is 2.41. The molecule has 1 atom stereocenters.